The van der Waals surface area contributed by atoms with Gasteiger partial charge in [-0.2, -0.15) is 0 Å². The lowest BCUT2D eigenvalue weighted by Crippen LogP contribution is -2.67. The van der Waals surface area contributed by atoms with Crippen LogP contribution in [-0.2, 0) is 11.3 Å². The summed E-state index contributed by atoms with van der Waals surface area (Å²) in [6.45, 7) is 9.53. The van der Waals surface area contributed by atoms with Crippen molar-refractivity contribution in [3.8, 4) is 5.75 Å². The maximum absolute atomic E-state index is 13.1. The van der Waals surface area contributed by atoms with Crippen LogP contribution >= 0.6 is 0 Å². The van der Waals surface area contributed by atoms with Crippen molar-refractivity contribution in [1.82, 2.24) is 15.1 Å². The maximum atomic E-state index is 13.1. The lowest BCUT2D eigenvalue weighted by molar-refractivity contribution is -0.142. The van der Waals surface area contributed by atoms with Gasteiger partial charge >= 0.3 is 0 Å². The van der Waals surface area contributed by atoms with Crippen molar-refractivity contribution in [2.75, 3.05) is 32.8 Å². The fraction of sp³-hybridized carbons (Fsp3) is 0.500. The molecule has 1 amide bonds. The van der Waals surface area contributed by atoms with E-state index in [2.05, 4.69) is 71.4 Å². The largest absolute Gasteiger partial charge is 0.492 e. The second kappa shape index (κ2) is 9.84. The third kappa shape index (κ3) is 5.46. The number of nitrogens with one attached hydrogen (secondary N) is 1. The summed E-state index contributed by atoms with van der Waals surface area (Å²) >= 11 is 0. The molecule has 1 unspecified atom stereocenters. The second-order valence-corrected chi connectivity index (χ2v) is 9.18. The summed E-state index contributed by atoms with van der Waals surface area (Å²) in [6.07, 6.45) is 2.95. The van der Waals surface area contributed by atoms with E-state index in [1.165, 1.54) is 11.1 Å². The van der Waals surface area contributed by atoms with Gasteiger partial charge in [0.2, 0.25) is 5.91 Å². The Hall–Kier alpha value is -2.37. The molecule has 0 saturated carbocycles. The van der Waals surface area contributed by atoms with Gasteiger partial charge in [0, 0.05) is 38.8 Å². The van der Waals surface area contributed by atoms with Crippen molar-refractivity contribution in [1.29, 1.82) is 0 Å². The Morgan fingerprint density at radius 1 is 1.06 bits per heavy atom. The summed E-state index contributed by atoms with van der Waals surface area (Å²) in [4.78, 5) is 17.8. The molecule has 0 aliphatic carbocycles. The van der Waals surface area contributed by atoms with Crippen molar-refractivity contribution in [3.63, 3.8) is 0 Å². The van der Waals surface area contributed by atoms with Crippen LogP contribution in [0.1, 0.15) is 37.3 Å². The fourth-order valence-electron chi connectivity index (χ4n) is 4.55. The third-order valence-corrected chi connectivity index (χ3v) is 6.88. The molecule has 0 radical (unpaired) electrons. The van der Waals surface area contributed by atoms with Crippen LogP contribution in [0.15, 0.2) is 54.6 Å². The number of amides is 1. The highest BCUT2D eigenvalue weighted by molar-refractivity contribution is 5.87. The average Bonchev–Trinajstić information content (AvgIpc) is 2.78. The van der Waals surface area contributed by atoms with Gasteiger partial charge in [0.25, 0.3) is 0 Å². The van der Waals surface area contributed by atoms with Gasteiger partial charge in [0.15, 0.2) is 0 Å². The van der Waals surface area contributed by atoms with E-state index in [1.807, 2.05) is 12.1 Å². The van der Waals surface area contributed by atoms with Gasteiger partial charge in [0.05, 0.1) is 5.54 Å². The number of aryl methyl sites for hydroxylation is 1. The van der Waals surface area contributed by atoms with Crippen molar-refractivity contribution < 1.29 is 9.53 Å². The predicted octanol–water partition coefficient (Wildman–Crippen LogP) is 3.62. The molecule has 0 spiro atoms. The quantitative estimate of drug-likeness (QED) is 0.707. The first kappa shape index (κ1) is 21.8. The van der Waals surface area contributed by atoms with E-state index in [9.17, 15) is 4.79 Å². The number of ether oxygens (including phenoxy) is 1. The smallest absolute Gasteiger partial charge is 0.240 e. The molecule has 0 aromatic heterocycles. The Balaban J connectivity index is 1.19. The summed E-state index contributed by atoms with van der Waals surface area (Å²) in [6, 6.07) is 19.0. The molecule has 31 heavy (non-hydrogen) atoms. The molecule has 2 heterocycles. The van der Waals surface area contributed by atoms with Crippen LogP contribution in [0.5, 0.6) is 5.75 Å². The van der Waals surface area contributed by atoms with E-state index in [0.29, 0.717) is 6.61 Å². The number of rotatable bonds is 8. The van der Waals surface area contributed by atoms with Crippen LogP contribution in [0.25, 0.3) is 0 Å². The molecule has 2 aromatic carbocycles. The fourth-order valence-corrected chi connectivity index (χ4v) is 4.55. The lowest BCUT2D eigenvalue weighted by atomic mass is 9.85. The van der Waals surface area contributed by atoms with Gasteiger partial charge in [-0.05, 0) is 50.8 Å². The van der Waals surface area contributed by atoms with Crippen molar-refractivity contribution in [2.24, 2.45) is 0 Å². The molecule has 5 heteroatoms. The molecule has 0 bridgehead atoms. The molecule has 2 fully saturated rings. The van der Waals surface area contributed by atoms with E-state index >= 15 is 0 Å². The van der Waals surface area contributed by atoms with E-state index in [1.54, 1.807) is 0 Å². The Morgan fingerprint density at radius 2 is 1.77 bits per heavy atom. The zero-order valence-electron chi connectivity index (χ0n) is 18.8. The molecule has 2 aliphatic rings. The molecule has 1 atom stereocenters. The van der Waals surface area contributed by atoms with Crippen LogP contribution in [0.4, 0.5) is 0 Å². The minimum absolute atomic E-state index is 0.176. The molecule has 2 aliphatic heterocycles. The van der Waals surface area contributed by atoms with Crippen LogP contribution in [0.2, 0.25) is 0 Å². The van der Waals surface area contributed by atoms with Crippen LogP contribution < -0.4 is 10.1 Å². The Morgan fingerprint density at radius 3 is 2.42 bits per heavy atom. The molecule has 5 nitrogen and oxygen atoms in total. The normalized spacial score (nSPS) is 22.6. The van der Waals surface area contributed by atoms with E-state index in [4.69, 9.17) is 4.74 Å². The average molecular weight is 422 g/mol. The number of piperidine rings is 1. The number of hydrogen-bond donors (Lipinski definition) is 1. The first-order valence-corrected chi connectivity index (χ1v) is 11.5. The monoisotopic (exact) mass is 421 g/mol. The van der Waals surface area contributed by atoms with Gasteiger partial charge in [-0.25, -0.2) is 0 Å². The van der Waals surface area contributed by atoms with Crippen molar-refractivity contribution >= 4 is 5.91 Å². The minimum atomic E-state index is -0.405. The standard InChI is InChI=1S/C26H35N3O2/c1-21-8-10-24(11-9-21)31-19-18-29-17-14-26(29,2)25(30)27-23-12-15-28(16-13-23)20-22-6-4-3-5-7-22/h3-11,23H,12-20H2,1-2H3,(H,27,30). The Labute approximate surface area is 186 Å². The molecular formula is C26H35N3O2. The van der Waals surface area contributed by atoms with Gasteiger partial charge in [0.1, 0.15) is 12.4 Å². The summed E-state index contributed by atoms with van der Waals surface area (Å²) < 4.78 is 5.87. The first-order valence-electron chi connectivity index (χ1n) is 11.5. The van der Waals surface area contributed by atoms with E-state index in [-0.39, 0.29) is 11.9 Å². The molecular weight excluding hydrogens is 386 g/mol. The first-order chi connectivity index (χ1) is 15.0. The Kier molecular flexibility index (Phi) is 6.93. The van der Waals surface area contributed by atoms with Gasteiger partial charge in [-0.3, -0.25) is 14.6 Å². The number of carbonyl (C=O) groups is 1. The van der Waals surface area contributed by atoms with Gasteiger partial charge in [-0.1, -0.05) is 48.0 Å². The summed E-state index contributed by atoms with van der Waals surface area (Å²) in [7, 11) is 0. The van der Waals surface area contributed by atoms with Crippen LogP contribution in [0, 0.1) is 6.92 Å². The molecule has 2 saturated heterocycles. The number of benzene rings is 2. The highest BCUT2D eigenvalue weighted by Gasteiger charge is 2.47. The van der Waals surface area contributed by atoms with Crippen molar-refractivity contribution in [3.05, 3.63) is 65.7 Å². The number of carbonyl (C=O) groups excluding carboxylic acids is 1. The van der Waals surface area contributed by atoms with Crippen molar-refractivity contribution in [2.45, 2.75) is 51.2 Å². The molecule has 1 N–H and O–H groups in total. The zero-order chi connectivity index (χ0) is 21.7. The van der Waals surface area contributed by atoms with Gasteiger partial charge in [-0.15, -0.1) is 0 Å². The number of hydrogen-bond acceptors (Lipinski definition) is 4. The number of likely N-dealkylation sites (tertiary alicyclic amines) is 2. The predicted molar refractivity (Wildman–Crippen MR) is 124 cm³/mol. The lowest BCUT2D eigenvalue weighted by Gasteiger charge is -2.49. The highest BCUT2D eigenvalue weighted by Crippen LogP contribution is 2.30. The minimum Gasteiger partial charge on any atom is -0.492 e. The summed E-state index contributed by atoms with van der Waals surface area (Å²) in [5, 5.41) is 3.34. The summed E-state index contributed by atoms with van der Waals surface area (Å²) in [5.74, 6) is 1.06. The molecule has 2 aromatic rings. The maximum Gasteiger partial charge on any atom is 0.240 e. The SMILES string of the molecule is Cc1ccc(OCCN2CCC2(C)C(=O)NC2CCN(Cc3ccccc3)CC2)cc1. The van der Waals surface area contributed by atoms with E-state index < -0.39 is 5.54 Å². The number of nitrogens with zero attached hydrogens (tertiary/aromatic N) is 2. The third-order valence-electron chi connectivity index (χ3n) is 6.88. The van der Waals surface area contributed by atoms with E-state index in [0.717, 1.165) is 57.7 Å². The molecule has 4 rings (SSSR count). The molecule has 166 valence electrons. The topological polar surface area (TPSA) is 44.8 Å². The second-order valence-electron chi connectivity index (χ2n) is 9.18. The zero-order valence-corrected chi connectivity index (χ0v) is 18.8. The van der Waals surface area contributed by atoms with Crippen LogP contribution in [0.3, 0.4) is 0 Å². The Bertz CT molecular complexity index is 847. The highest BCUT2D eigenvalue weighted by atomic mass is 16.5. The summed E-state index contributed by atoms with van der Waals surface area (Å²) in [5.41, 5.74) is 2.18. The van der Waals surface area contributed by atoms with Crippen LogP contribution in [-0.4, -0.2) is 60.1 Å². The van der Waals surface area contributed by atoms with Gasteiger partial charge < -0.3 is 10.1 Å².